The molecule has 0 radical (unpaired) electrons. The summed E-state index contributed by atoms with van der Waals surface area (Å²) in [5.74, 6) is -0.0324. The largest absolute Gasteiger partial charge is 0.382 e. The summed E-state index contributed by atoms with van der Waals surface area (Å²) >= 11 is 0. The molecule has 1 fully saturated rings. The number of carbonyl (C=O) groups excluding carboxylic acids is 1. The maximum atomic E-state index is 12.8. The van der Waals surface area contributed by atoms with Crippen LogP contribution in [0.4, 0.5) is 5.82 Å². The second-order valence-corrected chi connectivity index (χ2v) is 11.6. The third-order valence-corrected chi connectivity index (χ3v) is 8.79. The van der Waals surface area contributed by atoms with Crippen LogP contribution < -0.4 is 5.32 Å². The van der Waals surface area contributed by atoms with Crippen LogP contribution in [0.1, 0.15) is 50.7 Å². The molecule has 1 saturated heterocycles. The molecule has 1 N–H and O–H groups in total. The van der Waals surface area contributed by atoms with Crippen LogP contribution in [-0.4, -0.2) is 87.9 Å². The number of methoxy groups -OCH3 is 2. The van der Waals surface area contributed by atoms with E-state index in [9.17, 15) is 4.79 Å². The van der Waals surface area contributed by atoms with Crippen molar-refractivity contribution >= 4 is 31.4 Å². The van der Waals surface area contributed by atoms with Gasteiger partial charge in [-0.25, -0.2) is 19.6 Å². The number of rotatable bonds is 14. The molecule has 5 atom stereocenters. The lowest BCUT2D eigenvalue weighted by molar-refractivity contribution is -0.0629. The van der Waals surface area contributed by atoms with Gasteiger partial charge in [0.05, 0.1) is 32.0 Å². The quantitative estimate of drug-likeness (QED) is 0.209. The number of anilines is 1. The van der Waals surface area contributed by atoms with Crippen LogP contribution in [0.3, 0.4) is 0 Å². The number of hydrogen-bond acceptors (Lipinski definition) is 11. The van der Waals surface area contributed by atoms with E-state index in [1.807, 2.05) is 6.07 Å². The summed E-state index contributed by atoms with van der Waals surface area (Å²) in [5.41, 5.74) is 1.35. The second kappa shape index (κ2) is 14.9. The van der Waals surface area contributed by atoms with Gasteiger partial charge in [-0.3, -0.25) is 9.36 Å². The highest BCUT2D eigenvalue weighted by Crippen LogP contribution is 2.50. The van der Waals surface area contributed by atoms with E-state index in [1.54, 1.807) is 49.4 Å². The van der Waals surface area contributed by atoms with E-state index in [1.165, 1.54) is 6.33 Å². The van der Waals surface area contributed by atoms with E-state index in [4.69, 9.17) is 28.5 Å². The van der Waals surface area contributed by atoms with Crippen LogP contribution in [0.2, 0.25) is 0 Å². The molecule has 42 heavy (non-hydrogen) atoms. The van der Waals surface area contributed by atoms with Crippen molar-refractivity contribution in [3.63, 3.8) is 0 Å². The number of benzene rings is 1. The lowest BCUT2D eigenvalue weighted by atomic mass is 10.1. The molecule has 0 bridgehead atoms. The minimum Gasteiger partial charge on any atom is -0.382 e. The molecule has 0 aliphatic carbocycles. The van der Waals surface area contributed by atoms with Gasteiger partial charge in [0, 0.05) is 31.9 Å². The van der Waals surface area contributed by atoms with Crippen LogP contribution in [0, 0.1) is 11.3 Å². The number of ether oxygens (including phenoxy) is 3. The monoisotopic (exact) mass is 599 g/mol. The van der Waals surface area contributed by atoms with Crippen LogP contribution in [0.25, 0.3) is 11.2 Å². The summed E-state index contributed by atoms with van der Waals surface area (Å²) in [6.45, 7) is 8.78. The number of nitriles is 1. The van der Waals surface area contributed by atoms with Crippen molar-refractivity contribution in [2.75, 3.05) is 32.8 Å². The summed E-state index contributed by atoms with van der Waals surface area (Å²) in [6.07, 6.45) is 0.836. The standard InChI is InChI=1S/C28H38N7O6P/c1-18(2)35(19(3)4)42(39-14-10-13-29)41-23-21(15-37-5)40-28(24(23)38-6)34-17-32-22-25(30-16-31-26(22)34)33-27(36)20-11-8-7-9-12-20/h7-9,11-12,16-19,21,23-24,28H,10,14-15H2,1-6H3,(H,30,31,33,36)/t21-,23-,24-,28-,42?/m1/s1. The van der Waals surface area contributed by atoms with Crippen LogP contribution >= 0.6 is 8.53 Å². The summed E-state index contributed by atoms with van der Waals surface area (Å²) in [5, 5.41) is 11.9. The second-order valence-electron chi connectivity index (χ2n) is 10.2. The topological polar surface area (TPSA) is 146 Å². The predicted molar refractivity (Wildman–Crippen MR) is 156 cm³/mol. The smallest absolute Gasteiger partial charge is 0.259 e. The zero-order valence-corrected chi connectivity index (χ0v) is 25.6. The Hall–Kier alpha value is -3.08. The molecular weight excluding hydrogens is 561 g/mol. The fourth-order valence-electron chi connectivity index (χ4n) is 4.91. The van der Waals surface area contributed by atoms with Crippen LogP contribution in [0.15, 0.2) is 43.0 Å². The van der Waals surface area contributed by atoms with Crippen LogP contribution in [-0.2, 0) is 23.3 Å². The molecule has 13 nitrogen and oxygen atoms in total. The van der Waals surface area contributed by atoms with Crippen molar-refractivity contribution in [3.8, 4) is 6.07 Å². The molecule has 1 aliphatic heterocycles. The van der Waals surface area contributed by atoms with Gasteiger partial charge in [0.25, 0.3) is 14.4 Å². The first-order chi connectivity index (χ1) is 20.3. The fourth-order valence-corrected chi connectivity index (χ4v) is 6.67. The van der Waals surface area contributed by atoms with Crippen molar-refractivity contribution in [2.45, 2.75) is 70.7 Å². The fraction of sp³-hybridized carbons (Fsp3) is 0.536. The summed E-state index contributed by atoms with van der Waals surface area (Å²) < 4.78 is 34.7. The lowest BCUT2D eigenvalue weighted by Crippen LogP contribution is -2.40. The third-order valence-electron chi connectivity index (χ3n) is 6.66. The Morgan fingerprint density at radius 3 is 2.52 bits per heavy atom. The summed E-state index contributed by atoms with van der Waals surface area (Å²) in [6, 6.07) is 11.2. The van der Waals surface area contributed by atoms with E-state index in [-0.39, 0.29) is 43.4 Å². The van der Waals surface area contributed by atoms with Gasteiger partial charge in [0.2, 0.25) is 0 Å². The first-order valence-corrected chi connectivity index (χ1v) is 14.9. The van der Waals surface area contributed by atoms with Crippen molar-refractivity contribution in [2.24, 2.45) is 0 Å². The van der Waals surface area contributed by atoms with Crippen molar-refractivity contribution < 1.29 is 28.1 Å². The molecule has 2 aromatic heterocycles. The number of amides is 1. The SMILES string of the molecule is COC[C@H]1O[C@@H](n2cnc3c(NC(=O)c4ccccc4)ncnc32)[C@H](OC)[C@@H]1OP(OCCC#N)N(C(C)C)C(C)C. The first-order valence-electron chi connectivity index (χ1n) is 13.8. The van der Waals surface area contributed by atoms with Crippen molar-refractivity contribution in [1.82, 2.24) is 24.2 Å². The number of carbonyl (C=O) groups is 1. The Morgan fingerprint density at radius 2 is 1.88 bits per heavy atom. The molecule has 0 saturated carbocycles. The average Bonchev–Trinajstić information content (AvgIpc) is 3.55. The minimum absolute atomic E-state index is 0.122. The highest BCUT2D eigenvalue weighted by atomic mass is 31.2. The van der Waals surface area contributed by atoms with Crippen LogP contribution in [0.5, 0.6) is 0 Å². The number of hydrogen-bond donors (Lipinski definition) is 1. The van der Waals surface area contributed by atoms with Crippen molar-refractivity contribution in [3.05, 3.63) is 48.5 Å². The molecule has 1 amide bonds. The zero-order valence-electron chi connectivity index (χ0n) is 24.7. The molecule has 226 valence electrons. The van der Waals surface area contributed by atoms with Gasteiger partial charge < -0.3 is 28.6 Å². The maximum absolute atomic E-state index is 12.8. The van der Waals surface area contributed by atoms with Gasteiger partial charge in [-0.15, -0.1) is 0 Å². The predicted octanol–water partition coefficient (Wildman–Crippen LogP) is 4.30. The number of imidazole rings is 1. The Morgan fingerprint density at radius 1 is 1.14 bits per heavy atom. The van der Waals surface area contributed by atoms with E-state index in [0.29, 0.717) is 16.7 Å². The van der Waals surface area contributed by atoms with E-state index < -0.39 is 33.1 Å². The van der Waals surface area contributed by atoms with E-state index >= 15 is 0 Å². The molecule has 1 aliphatic rings. The summed E-state index contributed by atoms with van der Waals surface area (Å²) in [7, 11) is 1.61. The highest BCUT2D eigenvalue weighted by Gasteiger charge is 2.49. The number of nitrogens with one attached hydrogen (secondary N) is 1. The molecule has 4 rings (SSSR count). The van der Waals surface area contributed by atoms with Gasteiger partial charge >= 0.3 is 0 Å². The number of fused-ring (bicyclic) bond motifs is 1. The molecule has 1 unspecified atom stereocenters. The van der Waals surface area contributed by atoms with Crippen molar-refractivity contribution in [1.29, 1.82) is 5.26 Å². The summed E-state index contributed by atoms with van der Waals surface area (Å²) in [4.78, 5) is 26.0. The Bertz CT molecular complexity index is 1340. The van der Waals surface area contributed by atoms with Gasteiger partial charge in [-0.2, -0.15) is 5.26 Å². The van der Waals surface area contributed by atoms with Gasteiger partial charge in [-0.1, -0.05) is 18.2 Å². The molecule has 0 spiro atoms. The van der Waals surface area contributed by atoms with Gasteiger partial charge in [0.1, 0.15) is 24.6 Å². The van der Waals surface area contributed by atoms with E-state index in [0.717, 1.165) is 0 Å². The Kier molecular flexibility index (Phi) is 11.3. The Balaban J connectivity index is 1.64. The molecule has 1 aromatic carbocycles. The third kappa shape index (κ3) is 7.10. The number of aromatic nitrogens is 4. The normalized spacial score (nSPS) is 21.3. The first kappa shape index (κ1) is 31.8. The molecule has 3 heterocycles. The number of nitrogens with zero attached hydrogens (tertiary/aromatic N) is 6. The Labute approximate surface area is 247 Å². The van der Waals surface area contributed by atoms with Gasteiger partial charge in [0.15, 0.2) is 23.2 Å². The maximum Gasteiger partial charge on any atom is 0.259 e. The molecule has 3 aromatic rings. The zero-order chi connectivity index (χ0) is 30.2. The lowest BCUT2D eigenvalue weighted by Gasteiger charge is -2.38. The van der Waals surface area contributed by atoms with Gasteiger partial charge in [-0.05, 0) is 39.8 Å². The molecule has 14 heteroatoms. The highest BCUT2D eigenvalue weighted by molar-refractivity contribution is 7.44. The van der Waals surface area contributed by atoms with E-state index in [2.05, 4.69) is 58.7 Å². The average molecular weight is 600 g/mol. The minimum atomic E-state index is -1.58. The molecular formula is C28H38N7O6P.